The third kappa shape index (κ3) is 3.75. The number of rotatable bonds is 2. The van der Waals surface area contributed by atoms with Gasteiger partial charge in [0, 0.05) is 5.46 Å². The summed E-state index contributed by atoms with van der Waals surface area (Å²) in [5.74, 6) is -0.980. The molecule has 1 aliphatic rings. The lowest BCUT2D eigenvalue weighted by atomic mass is 9.78. The number of hydrogen-bond donors (Lipinski definition) is 0. The van der Waals surface area contributed by atoms with Gasteiger partial charge in [-0.25, -0.2) is 9.18 Å². The molecule has 0 saturated carbocycles. The molecule has 0 radical (unpaired) electrons. The minimum absolute atomic E-state index is 0.201. The van der Waals surface area contributed by atoms with Crippen LogP contribution in [-0.2, 0) is 14.0 Å². The van der Waals surface area contributed by atoms with Gasteiger partial charge in [0.15, 0.2) is 0 Å². The molecule has 0 bridgehead atoms. The molecule has 0 unspecified atom stereocenters. The van der Waals surface area contributed by atoms with E-state index in [-0.39, 0.29) is 11.0 Å². The lowest BCUT2D eigenvalue weighted by molar-refractivity contribution is 0.00578. The molecule has 1 fully saturated rings. The summed E-state index contributed by atoms with van der Waals surface area (Å²) in [6.07, 6.45) is 0. The van der Waals surface area contributed by atoms with Crippen LogP contribution in [0.3, 0.4) is 0 Å². The van der Waals surface area contributed by atoms with Crippen molar-refractivity contribution in [3.8, 4) is 0 Å². The summed E-state index contributed by atoms with van der Waals surface area (Å²) in [6, 6.07) is 4.07. The Morgan fingerprint density at radius 2 is 1.65 bits per heavy atom. The molecule has 0 amide bonds. The van der Waals surface area contributed by atoms with E-state index in [1.807, 2.05) is 27.7 Å². The summed E-state index contributed by atoms with van der Waals surface area (Å²) in [4.78, 5) is 12.2. The topological polar surface area (TPSA) is 44.8 Å². The Bertz CT molecular complexity index is 604. The van der Waals surface area contributed by atoms with E-state index in [9.17, 15) is 9.18 Å². The van der Waals surface area contributed by atoms with E-state index in [2.05, 4.69) is 0 Å². The molecule has 6 heteroatoms. The molecule has 1 heterocycles. The zero-order chi connectivity index (χ0) is 17.6. The van der Waals surface area contributed by atoms with Crippen LogP contribution in [0.5, 0.6) is 0 Å². The minimum Gasteiger partial charge on any atom is -0.456 e. The third-order valence-corrected chi connectivity index (χ3v) is 4.14. The normalized spacial score (nSPS) is 19.7. The molecule has 0 spiro atoms. The van der Waals surface area contributed by atoms with Crippen molar-refractivity contribution in [2.45, 2.75) is 65.3 Å². The van der Waals surface area contributed by atoms with E-state index >= 15 is 0 Å². The fourth-order valence-electron chi connectivity index (χ4n) is 2.16. The fraction of sp³-hybridized carbons (Fsp3) is 0.588. The summed E-state index contributed by atoms with van der Waals surface area (Å²) in [7, 11) is -0.859. The molecule has 1 saturated heterocycles. The number of esters is 1. The van der Waals surface area contributed by atoms with Gasteiger partial charge in [-0.05, 0) is 66.7 Å². The number of carbonyl (C=O) groups is 1. The number of hydrogen-bond acceptors (Lipinski definition) is 4. The first-order valence-corrected chi connectivity index (χ1v) is 7.71. The standard InChI is InChI=1S/C17H24BFO4/c1-15(2,3)21-14(20)11-8-9-13(19)12(10-11)18-22-16(4,5)17(6,7)23-18/h8-10H,1-7H3. The molecule has 1 aromatic rings. The van der Waals surface area contributed by atoms with Crippen LogP contribution in [0.15, 0.2) is 18.2 Å². The molecule has 0 aliphatic carbocycles. The zero-order valence-corrected chi connectivity index (χ0v) is 14.8. The average Bonchev–Trinajstić information content (AvgIpc) is 2.56. The second kappa shape index (κ2) is 5.60. The van der Waals surface area contributed by atoms with E-state index in [1.54, 1.807) is 20.8 Å². The van der Waals surface area contributed by atoms with Crippen LogP contribution in [0.25, 0.3) is 0 Å². The Balaban J connectivity index is 2.31. The first-order chi connectivity index (χ1) is 10.3. The zero-order valence-electron chi connectivity index (χ0n) is 14.8. The highest BCUT2D eigenvalue weighted by Gasteiger charge is 2.52. The van der Waals surface area contributed by atoms with Gasteiger partial charge in [0.05, 0.1) is 16.8 Å². The Hall–Kier alpha value is -1.40. The lowest BCUT2D eigenvalue weighted by Gasteiger charge is -2.32. The molecule has 1 aromatic carbocycles. The van der Waals surface area contributed by atoms with Gasteiger partial charge in [-0.3, -0.25) is 0 Å². The largest absolute Gasteiger partial charge is 0.497 e. The van der Waals surface area contributed by atoms with Crippen molar-refractivity contribution in [2.75, 3.05) is 0 Å². The van der Waals surface area contributed by atoms with Crippen molar-refractivity contribution < 1.29 is 23.2 Å². The second-order valence-corrected chi connectivity index (χ2v) is 7.83. The van der Waals surface area contributed by atoms with E-state index in [1.165, 1.54) is 18.2 Å². The molecular formula is C17H24BFO4. The second-order valence-electron chi connectivity index (χ2n) is 7.83. The average molecular weight is 322 g/mol. The van der Waals surface area contributed by atoms with Crippen molar-refractivity contribution in [1.82, 2.24) is 0 Å². The lowest BCUT2D eigenvalue weighted by Crippen LogP contribution is -2.41. The Morgan fingerprint density at radius 3 is 2.13 bits per heavy atom. The number of benzene rings is 1. The maximum Gasteiger partial charge on any atom is 0.497 e. The quantitative estimate of drug-likeness (QED) is 0.620. The van der Waals surface area contributed by atoms with Gasteiger partial charge >= 0.3 is 13.1 Å². The Kier molecular flexibility index (Phi) is 4.37. The molecule has 0 N–H and O–H groups in total. The highest BCUT2D eigenvalue weighted by Crippen LogP contribution is 2.36. The minimum atomic E-state index is -0.859. The molecule has 1 aliphatic heterocycles. The third-order valence-electron chi connectivity index (χ3n) is 4.14. The summed E-state index contributed by atoms with van der Waals surface area (Å²) in [5, 5.41) is 0. The van der Waals surface area contributed by atoms with Crippen molar-refractivity contribution in [3.05, 3.63) is 29.6 Å². The summed E-state index contributed by atoms with van der Waals surface area (Å²) >= 11 is 0. The van der Waals surface area contributed by atoms with Crippen LogP contribution in [0, 0.1) is 5.82 Å². The molecular weight excluding hydrogens is 298 g/mol. The van der Waals surface area contributed by atoms with Crippen molar-refractivity contribution >= 4 is 18.6 Å². The molecule has 0 atom stereocenters. The van der Waals surface area contributed by atoms with E-state index in [4.69, 9.17) is 14.0 Å². The monoisotopic (exact) mass is 322 g/mol. The van der Waals surface area contributed by atoms with E-state index in [0.717, 1.165) is 0 Å². The van der Waals surface area contributed by atoms with Gasteiger partial charge < -0.3 is 14.0 Å². The van der Waals surface area contributed by atoms with Crippen LogP contribution in [0.4, 0.5) is 4.39 Å². The van der Waals surface area contributed by atoms with Gasteiger partial charge in [-0.1, -0.05) is 0 Å². The van der Waals surface area contributed by atoms with Crippen molar-refractivity contribution in [2.24, 2.45) is 0 Å². The van der Waals surface area contributed by atoms with Gasteiger partial charge in [0.2, 0.25) is 0 Å². The maximum absolute atomic E-state index is 14.2. The highest BCUT2D eigenvalue weighted by atomic mass is 19.1. The van der Waals surface area contributed by atoms with Gasteiger partial charge in [-0.2, -0.15) is 0 Å². The Labute approximate surface area is 137 Å². The van der Waals surface area contributed by atoms with Gasteiger partial charge in [-0.15, -0.1) is 0 Å². The first-order valence-electron chi connectivity index (χ1n) is 7.71. The first kappa shape index (κ1) is 18.0. The van der Waals surface area contributed by atoms with Crippen LogP contribution >= 0.6 is 0 Å². The van der Waals surface area contributed by atoms with Crippen LogP contribution in [0.1, 0.15) is 58.8 Å². The van der Waals surface area contributed by atoms with Crippen molar-refractivity contribution in [1.29, 1.82) is 0 Å². The van der Waals surface area contributed by atoms with E-state index < -0.39 is 35.7 Å². The van der Waals surface area contributed by atoms with Crippen LogP contribution in [0.2, 0.25) is 0 Å². The highest BCUT2D eigenvalue weighted by molar-refractivity contribution is 6.62. The molecule has 126 valence electrons. The predicted molar refractivity (Wildman–Crippen MR) is 87.3 cm³/mol. The summed E-state index contributed by atoms with van der Waals surface area (Å²) in [5.41, 5.74) is -1.30. The summed E-state index contributed by atoms with van der Waals surface area (Å²) < 4.78 is 31.2. The number of halogens is 1. The molecule has 2 rings (SSSR count). The van der Waals surface area contributed by atoms with Crippen LogP contribution < -0.4 is 5.46 Å². The fourth-order valence-corrected chi connectivity index (χ4v) is 2.16. The predicted octanol–water partition coefficient (Wildman–Crippen LogP) is 3.08. The maximum atomic E-state index is 14.2. The van der Waals surface area contributed by atoms with Gasteiger partial charge in [0.25, 0.3) is 0 Å². The molecule has 4 nitrogen and oxygen atoms in total. The molecule has 23 heavy (non-hydrogen) atoms. The van der Waals surface area contributed by atoms with Gasteiger partial charge in [0.1, 0.15) is 11.4 Å². The SMILES string of the molecule is CC(C)(C)OC(=O)c1ccc(F)c(B2OC(C)(C)C(C)(C)O2)c1. The summed E-state index contributed by atoms with van der Waals surface area (Å²) in [6.45, 7) is 12.9. The van der Waals surface area contributed by atoms with Crippen LogP contribution in [-0.4, -0.2) is 29.9 Å². The number of carbonyl (C=O) groups excluding carboxylic acids is 1. The molecule has 0 aromatic heterocycles. The van der Waals surface area contributed by atoms with Crippen molar-refractivity contribution in [3.63, 3.8) is 0 Å². The number of ether oxygens (including phenoxy) is 1. The smallest absolute Gasteiger partial charge is 0.456 e. The van der Waals surface area contributed by atoms with E-state index in [0.29, 0.717) is 0 Å². The Morgan fingerprint density at radius 1 is 1.13 bits per heavy atom.